The van der Waals surface area contributed by atoms with Gasteiger partial charge in [-0.2, -0.15) is 0 Å². The van der Waals surface area contributed by atoms with E-state index in [0.29, 0.717) is 53.9 Å². The Balaban J connectivity index is 1.35. The lowest BCUT2D eigenvalue weighted by molar-refractivity contribution is -0.123. The summed E-state index contributed by atoms with van der Waals surface area (Å²) in [6, 6.07) is 9.20. The molecule has 9 nitrogen and oxygen atoms in total. The number of amides is 2. The van der Waals surface area contributed by atoms with E-state index in [1.165, 1.54) is 0 Å². The summed E-state index contributed by atoms with van der Waals surface area (Å²) < 4.78 is 27.2. The second-order valence-corrected chi connectivity index (χ2v) is 7.05. The normalized spacial score (nSPS) is 15.6. The van der Waals surface area contributed by atoms with E-state index < -0.39 is 12.2 Å². The lowest BCUT2D eigenvalue weighted by Gasteiger charge is -2.12. The van der Waals surface area contributed by atoms with Gasteiger partial charge in [0, 0.05) is 0 Å². The molecule has 0 aliphatic carbocycles. The molecular formula is C22H22N2O7. The van der Waals surface area contributed by atoms with Crippen LogP contribution in [0.25, 0.3) is 11.7 Å². The van der Waals surface area contributed by atoms with Crippen LogP contribution in [0.2, 0.25) is 0 Å². The van der Waals surface area contributed by atoms with Crippen molar-refractivity contribution in [2.45, 2.75) is 38.9 Å². The lowest BCUT2D eigenvalue weighted by Crippen LogP contribution is -2.24. The molecule has 3 heterocycles. The van der Waals surface area contributed by atoms with Crippen LogP contribution in [0.5, 0.6) is 11.5 Å². The maximum absolute atomic E-state index is 11.5. The minimum absolute atomic E-state index is 0.216. The van der Waals surface area contributed by atoms with Gasteiger partial charge in [-0.1, -0.05) is 6.07 Å². The van der Waals surface area contributed by atoms with Gasteiger partial charge in [-0.25, -0.2) is 9.78 Å². The zero-order valence-corrected chi connectivity index (χ0v) is 17.2. The van der Waals surface area contributed by atoms with Gasteiger partial charge in [0.2, 0.25) is 0 Å². The Labute approximate surface area is 178 Å². The Hall–Kier alpha value is -3.75. The molecule has 1 saturated heterocycles. The van der Waals surface area contributed by atoms with Gasteiger partial charge in [-0.3, -0.25) is 10.1 Å². The lowest BCUT2D eigenvalue weighted by atomic mass is 10.1. The quantitative estimate of drug-likeness (QED) is 0.550. The van der Waals surface area contributed by atoms with Gasteiger partial charge in [-0.15, -0.1) is 0 Å². The maximum atomic E-state index is 11.5. The predicted octanol–water partition coefficient (Wildman–Crippen LogP) is 3.79. The third-order valence-corrected chi connectivity index (χ3v) is 4.92. The highest BCUT2D eigenvalue weighted by molar-refractivity contribution is 5.99. The first-order chi connectivity index (χ1) is 15.0. The molecule has 1 atom stereocenters. The Bertz CT molecular complexity index is 1070. The van der Waals surface area contributed by atoms with Gasteiger partial charge in [0.15, 0.2) is 23.4 Å². The number of rotatable bonds is 9. The molecule has 0 saturated carbocycles. The monoisotopic (exact) mass is 426 g/mol. The number of hydrogen-bond donors (Lipinski definition) is 1. The number of aromatic nitrogens is 1. The zero-order chi connectivity index (χ0) is 21.8. The van der Waals surface area contributed by atoms with E-state index in [0.717, 1.165) is 5.56 Å². The van der Waals surface area contributed by atoms with Crippen LogP contribution in [-0.2, 0) is 22.6 Å². The highest BCUT2D eigenvalue weighted by Crippen LogP contribution is 2.30. The summed E-state index contributed by atoms with van der Waals surface area (Å²) in [5, 5.41) is 2.13. The number of carbonyl (C=O) groups is 2. The van der Waals surface area contributed by atoms with Crippen LogP contribution in [0.1, 0.15) is 29.9 Å². The molecule has 0 bridgehead atoms. The van der Waals surface area contributed by atoms with E-state index in [2.05, 4.69) is 10.3 Å². The van der Waals surface area contributed by atoms with Crippen LogP contribution in [-0.4, -0.2) is 30.2 Å². The summed E-state index contributed by atoms with van der Waals surface area (Å²) in [7, 11) is 1.57. The van der Waals surface area contributed by atoms with Crippen molar-refractivity contribution in [3.63, 3.8) is 0 Å². The molecule has 3 aromatic rings. The Kier molecular flexibility index (Phi) is 5.92. The average molecular weight is 426 g/mol. The number of carbonyl (C=O) groups excluding carboxylic acids is 2. The summed E-state index contributed by atoms with van der Waals surface area (Å²) in [5.41, 5.74) is 1.69. The predicted molar refractivity (Wildman–Crippen MR) is 108 cm³/mol. The molecule has 162 valence electrons. The first kappa shape index (κ1) is 20.5. The van der Waals surface area contributed by atoms with E-state index in [-0.39, 0.29) is 12.5 Å². The molecule has 9 heteroatoms. The maximum Gasteiger partial charge on any atom is 0.414 e. The van der Waals surface area contributed by atoms with Crippen LogP contribution < -0.4 is 14.8 Å². The fourth-order valence-corrected chi connectivity index (χ4v) is 3.28. The minimum atomic E-state index is -0.714. The molecule has 1 aromatic carbocycles. The number of alkyl carbamates (subject to hydrolysis) is 1. The first-order valence-electron chi connectivity index (χ1n) is 9.85. The fraction of sp³-hybridized carbons (Fsp3) is 0.318. The summed E-state index contributed by atoms with van der Waals surface area (Å²) in [5.74, 6) is 2.40. The van der Waals surface area contributed by atoms with Crippen molar-refractivity contribution < 1.29 is 32.6 Å². The van der Waals surface area contributed by atoms with Crippen LogP contribution in [0.15, 0.2) is 45.4 Å². The van der Waals surface area contributed by atoms with E-state index in [9.17, 15) is 9.59 Å². The van der Waals surface area contributed by atoms with Crippen molar-refractivity contribution in [1.29, 1.82) is 0 Å². The fourth-order valence-electron chi connectivity index (χ4n) is 3.28. The van der Waals surface area contributed by atoms with E-state index in [1.54, 1.807) is 25.5 Å². The molecule has 31 heavy (non-hydrogen) atoms. The summed E-state index contributed by atoms with van der Waals surface area (Å²) in [4.78, 5) is 27.0. The van der Waals surface area contributed by atoms with Crippen LogP contribution in [0, 0.1) is 6.92 Å². The second-order valence-electron chi connectivity index (χ2n) is 7.05. The molecular weight excluding hydrogens is 404 g/mol. The Morgan fingerprint density at radius 3 is 2.77 bits per heavy atom. The number of imide groups is 1. The molecule has 4 rings (SSSR count). The third kappa shape index (κ3) is 4.71. The van der Waals surface area contributed by atoms with Gasteiger partial charge >= 0.3 is 6.09 Å². The molecule has 0 unspecified atom stereocenters. The Morgan fingerprint density at radius 1 is 1.19 bits per heavy atom. The number of aryl methyl sites for hydroxylation is 2. The van der Waals surface area contributed by atoms with E-state index in [4.69, 9.17) is 23.0 Å². The van der Waals surface area contributed by atoms with Crippen molar-refractivity contribution in [2.24, 2.45) is 0 Å². The molecule has 2 aromatic heterocycles. The first-order valence-corrected chi connectivity index (χ1v) is 9.85. The molecule has 1 N–H and O–H groups in total. The summed E-state index contributed by atoms with van der Waals surface area (Å²) >= 11 is 0. The molecule has 1 fully saturated rings. The van der Waals surface area contributed by atoms with Crippen molar-refractivity contribution in [1.82, 2.24) is 10.3 Å². The summed E-state index contributed by atoms with van der Waals surface area (Å²) in [6.07, 6.45) is 2.01. The number of ether oxygens (including phenoxy) is 3. The summed E-state index contributed by atoms with van der Waals surface area (Å²) in [6.45, 7) is 2.04. The van der Waals surface area contributed by atoms with Crippen molar-refractivity contribution in [3.05, 3.63) is 53.6 Å². The van der Waals surface area contributed by atoms with E-state index in [1.807, 2.05) is 25.1 Å². The molecule has 1 aliphatic rings. The highest BCUT2D eigenvalue weighted by Gasteiger charge is 2.31. The second kappa shape index (κ2) is 8.95. The topological polar surface area (TPSA) is 113 Å². The number of methoxy groups -OCH3 is 1. The van der Waals surface area contributed by atoms with Crippen LogP contribution in [0.4, 0.5) is 4.79 Å². The molecule has 0 radical (unpaired) electrons. The van der Waals surface area contributed by atoms with Crippen molar-refractivity contribution >= 4 is 12.0 Å². The van der Waals surface area contributed by atoms with Crippen LogP contribution in [0.3, 0.4) is 0 Å². The zero-order valence-electron chi connectivity index (χ0n) is 17.2. The van der Waals surface area contributed by atoms with Crippen LogP contribution >= 0.6 is 0 Å². The third-order valence-electron chi connectivity index (χ3n) is 4.92. The number of nitrogens with zero attached hydrogens (tertiary/aromatic N) is 1. The largest absolute Gasteiger partial charge is 0.493 e. The highest BCUT2D eigenvalue weighted by atomic mass is 16.6. The van der Waals surface area contributed by atoms with Crippen molar-refractivity contribution in [2.75, 3.05) is 7.11 Å². The van der Waals surface area contributed by atoms with Gasteiger partial charge < -0.3 is 23.0 Å². The van der Waals surface area contributed by atoms with Gasteiger partial charge in [0.25, 0.3) is 11.8 Å². The minimum Gasteiger partial charge on any atom is -0.493 e. The van der Waals surface area contributed by atoms with Gasteiger partial charge in [0.05, 0.1) is 13.4 Å². The smallest absolute Gasteiger partial charge is 0.414 e. The number of furan rings is 1. The molecule has 1 aliphatic heterocycles. The molecule has 2 amide bonds. The standard InChI is InChI=1S/C22H22N2O7/c1-13-15(23-21(30-13)18-7-4-10-28-18)12-29-16-9-8-14(11-19(16)27-2)5-3-6-17-20(25)24-22(26)31-17/h4,7-11,17H,3,5-6,12H2,1-2H3,(H,24,25,26)/t17-/m1/s1. The SMILES string of the molecule is COc1cc(CCC[C@H]2OC(=O)NC2=O)ccc1OCc1nc(-c2ccco2)oc1C. The van der Waals surface area contributed by atoms with E-state index >= 15 is 0 Å². The Morgan fingerprint density at radius 2 is 2.06 bits per heavy atom. The number of nitrogens with one attached hydrogen (secondary N) is 1. The average Bonchev–Trinajstić information content (AvgIpc) is 3.48. The number of hydrogen-bond acceptors (Lipinski definition) is 8. The number of oxazole rings is 1. The number of benzene rings is 1. The van der Waals surface area contributed by atoms with Crippen molar-refractivity contribution in [3.8, 4) is 23.1 Å². The van der Waals surface area contributed by atoms with Gasteiger partial charge in [0.1, 0.15) is 18.1 Å². The number of cyclic esters (lactones) is 1. The molecule has 0 spiro atoms. The van der Waals surface area contributed by atoms with Gasteiger partial charge in [-0.05, 0) is 56.0 Å².